The van der Waals surface area contributed by atoms with Gasteiger partial charge in [0.1, 0.15) is 5.69 Å². The number of hydrogen-bond donors (Lipinski definition) is 1. The van der Waals surface area contributed by atoms with Gasteiger partial charge in [-0.25, -0.2) is 0 Å². The zero-order valence-corrected chi connectivity index (χ0v) is 7.24. The molecule has 0 amide bonds. The van der Waals surface area contributed by atoms with Crippen LogP contribution in [0.25, 0.3) is 0 Å². The summed E-state index contributed by atoms with van der Waals surface area (Å²) in [4.78, 5) is 15.3. The molecule has 0 aliphatic carbocycles. The van der Waals surface area contributed by atoms with Crippen molar-refractivity contribution >= 4 is 11.5 Å². The fraction of sp³-hybridized carbons (Fsp3) is 0.333. The van der Waals surface area contributed by atoms with Crippen LogP contribution in [0.4, 0.5) is 5.69 Å². The van der Waals surface area contributed by atoms with E-state index in [9.17, 15) is 4.79 Å². The Kier molecular flexibility index (Phi) is 2.43. The van der Waals surface area contributed by atoms with Crippen molar-refractivity contribution in [3.63, 3.8) is 0 Å². The van der Waals surface area contributed by atoms with Gasteiger partial charge in [-0.05, 0) is 12.1 Å². The Bertz CT molecular complexity index is 294. The summed E-state index contributed by atoms with van der Waals surface area (Å²) in [5.74, 6) is -0.0599. The number of aromatic nitrogens is 1. The van der Waals surface area contributed by atoms with Gasteiger partial charge >= 0.3 is 0 Å². The first-order valence-corrected chi connectivity index (χ1v) is 3.87. The Morgan fingerprint density at radius 3 is 2.75 bits per heavy atom. The van der Waals surface area contributed by atoms with Crippen LogP contribution >= 0.6 is 0 Å². The molecule has 3 heteroatoms. The van der Waals surface area contributed by atoms with Crippen molar-refractivity contribution in [1.29, 1.82) is 0 Å². The predicted molar refractivity (Wildman–Crippen MR) is 47.8 cm³/mol. The van der Waals surface area contributed by atoms with Crippen LogP contribution in [-0.2, 0) is 0 Å². The van der Waals surface area contributed by atoms with Crippen LogP contribution in [0.2, 0.25) is 0 Å². The number of nitrogen functional groups attached to an aromatic ring is 1. The van der Waals surface area contributed by atoms with Gasteiger partial charge in [0.2, 0.25) is 0 Å². The molecule has 64 valence electrons. The molecule has 12 heavy (non-hydrogen) atoms. The van der Waals surface area contributed by atoms with Crippen molar-refractivity contribution in [2.75, 3.05) is 5.73 Å². The number of carbonyl (C=O) groups excluding carboxylic acids is 1. The second kappa shape index (κ2) is 3.34. The monoisotopic (exact) mass is 164 g/mol. The molecular weight excluding hydrogens is 152 g/mol. The minimum Gasteiger partial charge on any atom is -0.397 e. The summed E-state index contributed by atoms with van der Waals surface area (Å²) in [5, 5.41) is 0. The van der Waals surface area contributed by atoms with Gasteiger partial charge in [0.25, 0.3) is 0 Å². The fourth-order valence-corrected chi connectivity index (χ4v) is 0.897. The first-order chi connectivity index (χ1) is 5.63. The number of hydrogen-bond acceptors (Lipinski definition) is 3. The van der Waals surface area contributed by atoms with Crippen LogP contribution in [0, 0.1) is 5.92 Å². The van der Waals surface area contributed by atoms with Gasteiger partial charge in [-0.1, -0.05) is 13.8 Å². The standard InChI is InChI=1S/C9H12N2O/c1-6(2)9(12)8-7(10)4-3-5-11-8/h3-6H,10H2,1-2H3. The minimum atomic E-state index is -0.0535. The van der Waals surface area contributed by atoms with Gasteiger partial charge in [0.15, 0.2) is 5.78 Å². The van der Waals surface area contributed by atoms with Crippen molar-refractivity contribution in [2.24, 2.45) is 5.92 Å². The third kappa shape index (κ3) is 1.61. The number of pyridine rings is 1. The Morgan fingerprint density at radius 1 is 1.58 bits per heavy atom. The number of ketones is 1. The fourth-order valence-electron chi connectivity index (χ4n) is 0.897. The molecule has 0 spiro atoms. The SMILES string of the molecule is CC(C)C(=O)c1ncccc1N. The smallest absolute Gasteiger partial charge is 0.185 e. The second-order valence-electron chi connectivity index (χ2n) is 2.96. The third-order valence-corrected chi connectivity index (χ3v) is 1.60. The molecule has 1 rings (SSSR count). The van der Waals surface area contributed by atoms with E-state index >= 15 is 0 Å². The Hall–Kier alpha value is -1.38. The van der Waals surface area contributed by atoms with Gasteiger partial charge in [-0.15, -0.1) is 0 Å². The highest BCUT2D eigenvalue weighted by molar-refractivity contribution is 5.99. The number of carbonyl (C=O) groups is 1. The molecule has 0 saturated carbocycles. The number of Topliss-reactive ketones (excluding diaryl/α,β-unsaturated/α-hetero) is 1. The largest absolute Gasteiger partial charge is 0.397 e. The van der Waals surface area contributed by atoms with Crippen LogP contribution in [-0.4, -0.2) is 10.8 Å². The predicted octanol–water partition coefficient (Wildman–Crippen LogP) is 1.50. The maximum atomic E-state index is 11.4. The van der Waals surface area contributed by atoms with E-state index in [0.717, 1.165) is 0 Å². The molecule has 0 radical (unpaired) electrons. The normalized spacial score (nSPS) is 10.2. The van der Waals surface area contributed by atoms with Gasteiger partial charge in [0, 0.05) is 12.1 Å². The lowest BCUT2D eigenvalue weighted by Gasteiger charge is -2.04. The zero-order chi connectivity index (χ0) is 9.14. The number of nitrogens with zero attached hydrogens (tertiary/aromatic N) is 1. The summed E-state index contributed by atoms with van der Waals surface area (Å²) in [5.41, 5.74) is 6.41. The van der Waals surface area contributed by atoms with E-state index in [1.807, 2.05) is 13.8 Å². The molecule has 0 aliphatic heterocycles. The number of rotatable bonds is 2. The van der Waals surface area contributed by atoms with Crippen molar-refractivity contribution in [3.8, 4) is 0 Å². The third-order valence-electron chi connectivity index (χ3n) is 1.60. The van der Waals surface area contributed by atoms with E-state index in [1.54, 1.807) is 18.3 Å². The van der Waals surface area contributed by atoms with Crippen LogP contribution in [0.1, 0.15) is 24.3 Å². The lowest BCUT2D eigenvalue weighted by molar-refractivity contribution is 0.0935. The summed E-state index contributed by atoms with van der Waals surface area (Å²) in [6.45, 7) is 3.66. The summed E-state index contributed by atoms with van der Waals surface area (Å²) >= 11 is 0. The Balaban J connectivity index is 3.03. The molecule has 1 heterocycles. The molecular formula is C9H12N2O. The summed E-state index contributed by atoms with van der Waals surface area (Å²) in [6, 6.07) is 3.40. The minimum absolute atomic E-state index is 0.00639. The zero-order valence-electron chi connectivity index (χ0n) is 7.24. The van der Waals surface area contributed by atoms with Gasteiger partial charge < -0.3 is 5.73 Å². The molecule has 2 N–H and O–H groups in total. The van der Waals surface area contributed by atoms with Crippen molar-refractivity contribution < 1.29 is 4.79 Å². The summed E-state index contributed by atoms with van der Waals surface area (Å²) < 4.78 is 0. The first kappa shape index (κ1) is 8.71. The van der Waals surface area contributed by atoms with Crippen LogP contribution in [0.5, 0.6) is 0 Å². The van der Waals surface area contributed by atoms with E-state index in [2.05, 4.69) is 4.98 Å². The van der Waals surface area contributed by atoms with E-state index in [1.165, 1.54) is 0 Å². The molecule has 0 bridgehead atoms. The van der Waals surface area contributed by atoms with Crippen LogP contribution in [0.3, 0.4) is 0 Å². The van der Waals surface area contributed by atoms with Crippen LogP contribution in [0.15, 0.2) is 18.3 Å². The lowest BCUT2D eigenvalue weighted by Crippen LogP contribution is -2.11. The van der Waals surface area contributed by atoms with E-state index < -0.39 is 0 Å². The average molecular weight is 164 g/mol. The van der Waals surface area contributed by atoms with E-state index in [0.29, 0.717) is 11.4 Å². The maximum Gasteiger partial charge on any atom is 0.185 e. The van der Waals surface area contributed by atoms with Gasteiger partial charge in [0.05, 0.1) is 5.69 Å². The second-order valence-corrected chi connectivity index (χ2v) is 2.96. The highest BCUT2D eigenvalue weighted by Gasteiger charge is 2.13. The molecule has 1 aromatic rings. The molecule has 0 aliphatic rings. The molecule has 3 nitrogen and oxygen atoms in total. The molecule has 0 atom stereocenters. The first-order valence-electron chi connectivity index (χ1n) is 3.87. The van der Waals surface area contributed by atoms with Gasteiger partial charge in [-0.3, -0.25) is 9.78 Å². The topological polar surface area (TPSA) is 56.0 Å². The number of nitrogens with two attached hydrogens (primary N) is 1. The van der Waals surface area contributed by atoms with E-state index in [4.69, 9.17) is 5.73 Å². The molecule has 0 aromatic carbocycles. The van der Waals surface area contributed by atoms with Crippen molar-refractivity contribution in [1.82, 2.24) is 4.98 Å². The quantitative estimate of drug-likeness (QED) is 0.674. The van der Waals surface area contributed by atoms with Crippen LogP contribution < -0.4 is 5.73 Å². The molecule has 0 fully saturated rings. The highest BCUT2D eigenvalue weighted by Crippen LogP contribution is 2.12. The molecule has 0 saturated heterocycles. The molecule has 0 unspecified atom stereocenters. The molecule has 1 aromatic heterocycles. The Labute approximate surface area is 71.6 Å². The van der Waals surface area contributed by atoms with E-state index in [-0.39, 0.29) is 11.7 Å². The van der Waals surface area contributed by atoms with Crippen molar-refractivity contribution in [2.45, 2.75) is 13.8 Å². The lowest BCUT2D eigenvalue weighted by atomic mass is 10.1. The highest BCUT2D eigenvalue weighted by atomic mass is 16.1. The summed E-state index contributed by atoms with van der Waals surface area (Å²) in [6.07, 6.45) is 1.58. The number of anilines is 1. The average Bonchev–Trinajstić information content (AvgIpc) is 2.04. The maximum absolute atomic E-state index is 11.4. The van der Waals surface area contributed by atoms with Gasteiger partial charge in [-0.2, -0.15) is 0 Å². The van der Waals surface area contributed by atoms with Crippen molar-refractivity contribution in [3.05, 3.63) is 24.0 Å². The summed E-state index contributed by atoms with van der Waals surface area (Å²) in [7, 11) is 0. The Morgan fingerprint density at radius 2 is 2.25 bits per heavy atom.